The van der Waals surface area contributed by atoms with Gasteiger partial charge in [0.2, 0.25) is 11.8 Å². The summed E-state index contributed by atoms with van der Waals surface area (Å²) in [6.45, 7) is 9.59. The lowest BCUT2D eigenvalue weighted by molar-refractivity contribution is -0.138. The normalized spacial score (nSPS) is 11.6. The first-order chi connectivity index (χ1) is 29.2. The Hall–Kier alpha value is -5.45. The summed E-state index contributed by atoms with van der Waals surface area (Å²) in [4.78, 5) is 54.4. The summed E-state index contributed by atoms with van der Waals surface area (Å²) in [5.41, 5.74) is 3.93. The maximum Gasteiger partial charge on any atom is 0.305 e. The lowest BCUT2D eigenvalue weighted by Crippen LogP contribution is -2.39. The molecule has 4 aromatic rings. The minimum absolute atomic E-state index is 0.212. The number of carboxylic acid groups (broad SMARTS) is 1. The highest BCUT2D eigenvalue weighted by molar-refractivity contribution is 6.11. The Kier molecular flexibility index (Phi) is 21.5. The highest BCUT2D eigenvalue weighted by Crippen LogP contribution is 2.32. The van der Waals surface area contributed by atoms with Gasteiger partial charge in [-0.3, -0.25) is 19.2 Å². The van der Waals surface area contributed by atoms with Crippen molar-refractivity contribution in [1.82, 2.24) is 20.9 Å². The van der Waals surface area contributed by atoms with E-state index in [9.17, 15) is 24.3 Å². The highest BCUT2D eigenvalue weighted by Gasteiger charge is 2.20. The molecule has 0 fully saturated rings. The molecule has 0 aliphatic carbocycles. The van der Waals surface area contributed by atoms with Crippen LogP contribution in [0.5, 0.6) is 0 Å². The van der Waals surface area contributed by atoms with Gasteiger partial charge in [0.1, 0.15) is 5.82 Å². The minimum atomic E-state index is -1.08. The molecule has 5 N–H and O–H groups in total. The van der Waals surface area contributed by atoms with Gasteiger partial charge in [0, 0.05) is 37.9 Å². The van der Waals surface area contributed by atoms with Gasteiger partial charge < -0.3 is 50.1 Å². The predicted molar refractivity (Wildman–Crippen MR) is 229 cm³/mol. The van der Waals surface area contributed by atoms with E-state index in [1.807, 2.05) is 61.5 Å². The molecular formula is C45H59N5O10. The molecule has 0 spiro atoms. The molecule has 1 atom stereocenters. The van der Waals surface area contributed by atoms with Crippen molar-refractivity contribution in [2.75, 3.05) is 91.0 Å². The summed E-state index contributed by atoms with van der Waals surface area (Å²) in [6, 6.07) is 21.6. The van der Waals surface area contributed by atoms with Gasteiger partial charge in [0.05, 0.1) is 78.5 Å². The first-order valence-electron chi connectivity index (χ1n) is 20.5. The van der Waals surface area contributed by atoms with Crippen LogP contribution in [0.4, 0.5) is 5.82 Å². The molecule has 0 aliphatic heterocycles. The topological polar surface area (TPSA) is 196 Å². The number of aryl methyl sites for hydroxylation is 1. The third kappa shape index (κ3) is 17.4. The van der Waals surface area contributed by atoms with Crippen LogP contribution in [-0.4, -0.2) is 119 Å². The Morgan fingerprint density at radius 3 is 1.97 bits per heavy atom. The van der Waals surface area contributed by atoms with E-state index >= 15 is 0 Å². The molecule has 1 aromatic heterocycles. The van der Waals surface area contributed by atoms with Crippen molar-refractivity contribution in [3.63, 3.8) is 0 Å². The number of nitrogens with zero attached hydrogens (tertiary/aromatic N) is 1. The predicted octanol–water partition coefficient (Wildman–Crippen LogP) is 5.07. The van der Waals surface area contributed by atoms with E-state index in [-0.39, 0.29) is 31.2 Å². The second kappa shape index (κ2) is 27.3. The number of benzene rings is 3. The maximum absolute atomic E-state index is 13.2. The van der Waals surface area contributed by atoms with Crippen molar-refractivity contribution in [1.29, 1.82) is 0 Å². The lowest BCUT2D eigenvalue weighted by atomic mass is 9.93. The van der Waals surface area contributed by atoms with Crippen molar-refractivity contribution in [2.45, 2.75) is 45.6 Å². The number of hydrogen-bond donors (Lipinski definition) is 5. The van der Waals surface area contributed by atoms with Gasteiger partial charge in [-0.1, -0.05) is 61.5 Å². The number of carbonyl (C=O) groups is 4. The third-order valence-corrected chi connectivity index (χ3v) is 9.12. The first-order valence-corrected chi connectivity index (χ1v) is 20.5. The molecule has 60 heavy (non-hydrogen) atoms. The van der Waals surface area contributed by atoms with Crippen LogP contribution >= 0.6 is 0 Å². The number of amides is 3. The standard InChI is InChI=1S/C45H59N5O10/c1-3-20-56-22-24-58-26-28-60-29-27-59-25-23-57-21-19-48-45(55)39-15-14-36(37-7-4-5-8-38(37)39)34-10-12-35(13-11-34)40(31-44(53)54)50-43(52)32-49-42(51)9-6-17-46-41-30-33(2)16-18-47-41/h4-5,7-8,10-16,18,30,40H,3,6,9,17,19-29,31-32H2,1-2H3,(H,46,47)(H,48,55)(H,49,51)(H,50,52)(H,53,54)/t40-/m0/s1. The van der Waals surface area contributed by atoms with Gasteiger partial charge in [-0.2, -0.15) is 0 Å². The van der Waals surface area contributed by atoms with Gasteiger partial charge in [0.25, 0.3) is 5.91 Å². The van der Waals surface area contributed by atoms with Crippen molar-refractivity contribution < 1.29 is 48.0 Å². The van der Waals surface area contributed by atoms with Crippen molar-refractivity contribution >= 4 is 40.3 Å². The zero-order chi connectivity index (χ0) is 42.8. The number of aromatic nitrogens is 1. The van der Waals surface area contributed by atoms with Crippen LogP contribution in [-0.2, 0) is 38.1 Å². The molecule has 3 aromatic carbocycles. The first kappa shape index (κ1) is 47.2. The number of hydrogen-bond acceptors (Lipinski definition) is 11. The lowest BCUT2D eigenvalue weighted by Gasteiger charge is -2.19. The number of nitrogens with one attached hydrogen (secondary N) is 4. The van der Waals surface area contributed by atoms with E-state index in [4.69, 9.17) is 23.7 Å². The van der Waals surface area contributed by atoms with E-state index in [2.05, 4.69) is 33.2 Å². The molecule has 0 saturated heterocycles. The fourth-order valence-corrected chi connectivity index (χ4v) is 6.14. The van der Waals surface area contributed by atoms with E-state index in [0.29, 0.717) is 90.1 Å². The van der Waals surface area contributed by atoms with Gasteiger partial charge >= 0.3 is 5.97 Å². The minimum Gasteiger partial charge on any atom is -0.481 e. The number of anilines is 1. The summed E-state index contributed by atoms with van der Waals surface area (Å²) in [5, 5.41) is 22.7. The number of pyridine rings is 1. The third-order valence-electron chi connectivity index (χ3n) is 9.12. The number of rotatable bonds is 30. The molecular weight excluding hydrogens is 771 g/mol. The van der Waals surface area contributed by atoms with Crippen molar-refractivity contribution in [2.24, 2.45) is 0 Å². The molecule has 1 heterocycles. The van der Waals surface area contributed by atoms with E-state index in [0.717, 1.165) is 46.3 Å². The van der Waals surface area contributed by atoms with E-state index in [1.54, 1.807) is 24.4 Å². The average molecular weight is 830 g/mol. The summed E-state index contributed by atoms with van der Waals surface area (Å²) in [7, 11) is 0. The summed E-state index contributed by atoms with van der Waals surface area (Å²) < 4.78 is 27.4. The number of carboxylic acids is 1. The maximum atomic E-state index is 13.2. The largest absolute Gasteiger partial charge is 0.481 e. The van der Waals surface area contributed by atoms with Crippen LogP contribution in [0.15, 0.2) is 79.0 Å². The number of aliphatic carboxylic acids is 1. The molecule has 0 bridgehead atoms. The van der Waals surface area contributed by atoms with Crippen molar-refractivity contribution in [3.8, 4) is 11.1 Å². The second-order valence-electron chi connectivity index (χ2n) is 13.9. The SMILES string of the molecule is CCCOCCOCCOCCOCCOCCNC(=O)c1ccc(-c2ccc([C@H](CC(=O)O)NC(=O)CNC(=O)CCCNc3cc(C)ccn3)cc2)c2ccccc12. The second-order valence-corrected chi connectivity index (χ2v) is 13.9. The number of fused-ring (bicyclic) bond motifs is 1. The molecule has 15 heteroatoms. The molecule has 0 unspecified atom stereocenters. The summed E-state index contributed by atoms with van der Waals surface area (Å²) in [5.74, 6) is -1.36. The van der Waals surface area contributed by atoms with Crippen LogP contribution < -0.4 is 21.3 Å². The smallest absolute Gasteiger partial charge is 0.305 e. The number of carbonyl (C=O) groups excluding carboxylic acids is 3. The Bertz CT molecular complexity index is 1930. The van der Waals surface area contributed by atoms with Crippen LogP contribution in [0.1, 0.15) is 60.1 Å². The monoisotopic (exact) mass is 829 g/mol. The molecule has 3 amide bonds. The number of ether oxygens (including phenoxy) is 5. The fourth-order valence-electron chi connectivity index (χ4n) is 6.14. The summed E-state index contributed by atoms with van der Waals surface area (Å²) in [6.07, 6.45) is 3.12. The van der Waals surface area contributed by atoms with Gasteiger partial charge in [-0.15, -0.1) is 0 Å². The molecule has 15 nitrogen and oxygen atoms in total. The highest BCUT2D eigenvalue weighted by atomic mass is 16.6. The van der Waals surface area contributed by atoms with Gasteiger partial charge in [0.15, 0.2) is 0 Å². The zero-order valence-corrected chi connectivity index (χ0v) is 34.7. The Labute approximate surface area is 351 Å². The summed E-state index contributed by atoms with van der Waals surface area (Å²) >= 11 is 0. The fraction of sp³-hybridized carbons (Fsp3) is 0.444. The molecule has 324 valence electrons. The molecule has 0 aliphatic rings. The Morgan fingerprint density at radius 1 is 0.700 bits per heavy atom. The molecule has 0 saturated carbocycles. The average Bonchev–Trinajstić information content (AvgIpc) is 3.24. The van der Waals surface area contributed by atoms with E-state index < -0.39 is 17.9 Å². The van der Waals surface area contributed by atoms with Crippen LogP contribution in [0, 0.1) is 6.92 Å². The quantitative estimate of drug-likeness (QED) is 0.0439. The van der Waals surface area contributed by atoms with Crippen LogP contribution in [0.25, 0.3) is 21.9 Å². The van der Waals surface area contributed by atoms with Crippen LogP contribution in [0.2, 0.25) is 0 Å². The molecule has 4 rings (SSSR count). The molecule has 0 radical (unpaired) electrons. The Balaban J connectivity index is 1.19. The van der Waals surface area contributed by atoms with Crippen molar-refractivity contribution in [3.05, 3.63) is 95.7 Å². The van der Waals surface area contributed by atoms with Gasteiger partial charge in [-0.25, -0.2) is 4.98 Å². The van der Waals surface area contributed by atoms with Crippen LogP contribution in [0.3, 0.4) is 0 Å². The zero-order valence-electron chi connectivity index (χ0n) is 34.7. The Morgan fingerprint density at radius 2 is 1.33 bits per heavy atom. The van der Waals surface area contributed by atoms with E-state index in [1.165, 1.54) is 0 Å². The van der Waals surface area contributed by atoms with Gasteiger partial charge in [-0.05, 0) is 71.0 Å².